The molecule has 1 aromatic carbocycles. The Balaban J connectivity index is 2.09. The van der Waals surface area contributed by atoms with Crippen LogP contribution < -0.4 is 5.73 Å². The first-order valence-corrected chi connectivity index (χ1v) is 6.04. The summed E-state index contributed by atoms with van der Waals surface area (Å²) < 4.78 is 1.19. The molecular weight excluding hydrogens is 238 g/mol. The molecule has 2 heteroatoms. The van der Waals surface area contributed by atoms with E-state index in [-0.39, 0.29) is 0 Å². The van der Waals surface area contributed by atoms with E-state index in [1.54, 1.807) is 0 Å². The van der Waals surface area contributed by atoms with Crippen LogP contribution in [0.15, 0.2) is 28.7 Å². The summed E-state index contributed by atoms with van der Waals surface area (Å²) in [5.41, 5.74) is 7.16. The van der Waals surface area contributed by atoms with Gasteiger partial charge in [-0.25, -0.2) is 0 Å². The van der Waals surface area contributed by atoms with E-state index in [1.807, 2.05) is 0 Å². The maximum atomic E-state index is 5.69. The minimum Gasteiger partial charge on any atom is -0.330 e. The van der Waals surface area contributed by atoms with E-state index in [0.717, 1.165) is 18.4 Å². The lowest BCUT2D eigenvalue weighted by Crippen LogP contribution is -2.10. The first-order valence-electron chi connectivity index (χ1n) is 5.25. The largest absolute Gasteiger partial charge is 0.330 e. The van der Waals surface area contributed by atoms with Crippen molar-refractivity contribution in [2.75, 3.05) is 6.54 Å². The fourth-order valence-corrected chi connectivity index (χ4v) is 2.77. The van der Waals surface area contributed by atoms with Crippen LogP contribution in [0.5, 0.6) is 0 Å². The Morgan fingerprint density at radius 2 is 2.21 bits per heavy atom. The molecule has 1 aromatic rings. The molecule has 1 aliphatic carbocycles. The normalized spacial score (nSPS) is 26.7. The average molecular weight is 254 g/mol. The first-order chi connectivity index (χ1) is 6.79. The molecule has 0 heterocycles. The maximum absolute atomic E-state index is 5.69. The van der Waals surface area contributed by atoms with E-state index < -0.39 is 0 Å². The summed E-state index contributed by atoms with van der Waals surface area (Å²) in [5, 5.41) is 0. The van der Waals surface area contributed by atoms with Crippen molar-refractivity contribution in [2.45, 2.75) is 25.2 Å². The molecule has 0 spiro atoms. The van der Waals surface area contributed by atoms with Crippen molar-refractivity contribution in [1.29, 1.82) is 0 Å². The topological polar surface area (TPSA) is 26.0 Å². The lowest BCUT2D eigenvalue weighted by Gasteiger charge is -2.10. The monoisotopic (exact) mass is 253 g/mol. The zero-order chi connectivity index (χ0) is 9.97. The number of nitrogens with two attached hydrogens (primary N) is 1. The molecule has 2 N–H and O–H groups in total. The molecule has 2 atom stereocenters. The van der Waals surface area contributed by atoms with Crippen LogP contribution in [0.2, 0.25) is 0 Å². The fourth-order valence-electron chi connectivity index (χ4n) is 2.35. The molecule has 1 nitrogen and oxygen atoms in total. The fraction of sp³-hybridized carbons (Fsp3) is 0.500. The van der Waals surface area contributed by atoms with Crippen LogP contribution in [-0.4, -0.2) is 6.54 Å². The zero-order valence-electron chi connectivity index (χ0n) is 8.25. The Hall–Kier alpha value is -0.340. The molecule has 0 amide bonds. The summed E-state index contributed by atoms with van der Waals surface area (Å²) in [6.45, 7) is 0.852. The quantitative estimate of drug-likeness (QED) is 0.861. The third-order valence-electron chi connectivity index (χ3n) is 3.19. The minimum atomic E-state index is 0.737. The highest BCUT2D eigenvalue weighted by Gasteiger charge is 2.24. The van der Waals surface area contributed by atoms with Gasteiger partial charge in [-0.1, -0.05) is 28.1 Å². The molecular formula is C12H16BrN. The number of hydrogen-bond donors (Lipinski definition) is 1. The Kier molecular flexibility index (Phi) is 3.24. The number of halogens is 1. The molecule has 0 aromatic heterocycles. The standard InChI is InChI=1S/C12H16BrN/c13-12-3-1-2-10(7-12)11-5-4-9(6-11)8-14/h1-3,7,9,11H,4-6,8,14H2. The van der Waals surface area contributed by atoms with Crippen molar-refractivity contribution in [3.63, 3.8) is 0 Å². The van der Waals surface area contributed by atoms with E-state index in [1.165, 1.54) is 29.3 Å². The molecule has 0 radical (unpaired) electrons. The molecule has 14 heavy (non-hydrogen) atoms. The lowest BCUT2D eigenvalue weighted by atomic mass is 9.96. The van der Waals surface area contributed by atoms with Gasteiger partial charge in [0.2, 0.25) is 0 Å². The zero-order valence-corrected chi connectivity index (χ0v) is 9.83. The predicted octanol–water partition coefficient (Wildman–Crippen LogP) is 3.29. The Morgan fingerprint density at radius 1 is 1.36 bits per heavy atom. The van der Waals surface area contributed by atoms with Crippen LogP contribution in [-0.2, 0) is 0 Å². The van der Waals surface area contributed by atoms with Crippen LogP contribution >= 0.6 is 15.9 Å². The van der Waals surface area contributed by atoms with Crippen molar-refractivity contribution in [1.82, 2.24) is 0 Å². The SMILES string of the molecule is NCC1CCC(c2cccc(Br)c2)C1. The van der Waals surface area contributed by atoms with Crippen molar-refractivity contribution in [3.8, 4) is 0 Å². The van der Waals surface area contributed by atoms with Gasteiger partial charge in [0.05, 0.1) is 0 Å². The van der Waals surface area contributed by atoms with Crippen molar-refractivity contribution in [3.05, 3.63) is 34.3 Å². The van der Waals surface area contributed by atoms with E-state index in [9.17, 15) is 0 Å². The molecule has 0 saturated heterocycles. The second kappa shape index (κ2) is 4.45. The molecule has 0 bridgehead atoms. The van der Waals surface area contributed by atoms with Gasteiger partial charge in [0, 0.05) is 4.47 Å². The van der Waals surface area contributed by atoms with E-state index in [2.05, 4.69) is 40.2 Å². The molecule has 0 aliphatic heterocycles. The second-order valence-corrected chi connectivity index (χ2v) is 5.08. The average Bonchev–Trinajstić information content (AvgIpc) is 2.66. The van der Waals surface area contributed by atoms with Crippen LogP contribution in [0, 0.1) is 5.92 Å². The highest BCUT2D eigenvalue weighted by molar-refractivity contribution is 9.10. The summed E-state index contributed by atoms with van der Waals surface area (Å²) in [6.07, 6.45) is 3.87. The Bertz CT molecular complexity index is 311. The van der Waals surface area contributed by atoms with Crippen molar-refractivity contribution < 1.29 is 0 Å². The van der Waals surface area contributed by atoms with Crippen LogP contribution in [0.3, 0.4) is 0 Å². The predicted molar refractivity (Wildman–Crippen MR) is 63.3 cm³/mol. The molecule has 2 rings (SSSR count). The number of benzene rings is 1. The van der Waals surface area contributed by atoms with E-state index >= 15 is 0 Å². The summed E-state index contributed by atoms with van der Waals surface area (Å²) in [7, 11) is 0. The van der Waals surface area contributed by atoms with Crippen LogP contribution in [0.4, 0.5) is 0 Å². The van der Waals surface area contributed by atoms with Gasteiger partial charge in [-0.3, -0.25) is 0 Å². The van der Waals surface area contributed by atoms with Gasteiger partial charge in [-0.2, -0.15) is 0 Å². The highest BCUT2D eigenvalue weighted by Crippen LogP contribution is 2.38. The summed E-state index contributed by atoms with van der Waals surface area (Å²) >= 11 is 3.52. The second-order valence-electron chi connectivity index (χ2n) is 4.17. The molecule has 1 saturated carbocycles. The molecule has 1 aliphatic rings. The van der Waals surface area contributed by atoms with Crippen LogP contribution in [0.25, 0.3) is 0 Å². The summed E-state index contributed by atoms with van der Waals surface area (Å²) in [4.78, 5) is 0. The van der Waals surface area contributed by atoms with Crippen LogP contribution in [0.1, 0.15) is 30.7 Å². The van der Waals surface area contributed by atoms with E-state index in [4.69, 9.17) is 5.73 Å². The summed E-state index contributed by atoms with van der Waals surface area (Å²) in [5.74, 6) is 1.49. The van der Waals surface area contributed by atoms with Crippen molar-refractivity contribution in [2.24, 2.45) is 11.7 Å². The third-order valence-corrected chi connectivity index (χ3v) is 3.69. The Morgan fingerprint density at radius 3 is 2.86 bits per heavy atom. The number of hydrogen-bond acceptors (Lipinski definition) is 1. The van der Waals surface area contributed by atoms with Gasteiger partial charge >= 0.3 is 0 Å². The van der Waals surface area contributed by atoms with Gasteiger partial charge in [0.25, 0.3) is 0 Å². The lowest BCUT2D eigenvalue weighted by molar-refractivity contribution is 0.551. The number of rotatable bonds is 2. The van der Waals surface area contributed by atoms with Crippen molar-refractivity contribution >= 4 is 15.9 Å². The van der Waals surface area contributed by atoms with Gasteiger partial charge in [0.15, 0.2) is 0 Å². The maximum Gasteiger partial charge on any atom is 0.0178 e. The van der Waals surface area contributed by atoms with Gasteiger partial charge < -0.3 is 5.73 Å². The highest BCUT2D eigenvalue weighted by atomic mass is 79.9. The molecule has 1 fully saturated rings. The van der Waals surface area contributed by atoms with Gasteiger partial charge in [0.1, 0.15) is 0 Å². The summed E-state index contributed by atoms with van der Waals surface area (Å²) in [6, 6.07) is 8.67. The molecule has 76 valence electrons. The van der Waals surface area contributed by atoms with Gasteiger partial charge in [-0.15, -0.1) is 0 Å². The Labute approximate surface area is 93.8 Å². The third kappa shape index (κ3) is 2.18. The van der Waals surface area contributed by atoms with Gasteiger partial charge in [-0.05, 0) is 55.3 Å². The molecule has 2 unspecified atom stereocenters. The van der Waals surface area contributed by atoms with E-state index in [0.29, 0.717) is 0 Å². The minimum absolute atomic E-state index is 0.737. The first kappa shape index (κ1) is 10.2. The smallest absolute Gasteiger partial charge is 0.0178 e.